The minimum Gasteiger partial charge on any atom is -0.354 e. The standard InChI is InChI=1S/C13H15ClN2O3/c1-18-11(19-2)7-15-13(17)10-6-8-4-3-5-9(14)12(8)16-10/h3-6,11,16H,7H2,1-2H3,(H,15,17). The van der Waals surface area contributed by atoms with E-state index >= 15 is 0 Å². The molecule has 0 unspecified atom stereocenters. The molecule has 0 bridgehead atoms. The normalized spacial score (nSPS) is 11.2. The highest BCUT2D eigenvalue weighted by atomic mass is 35.5. The molecule has 0 aliphatic carbocycles. The quantitative estimate of drug-likeness (QED) is 0.826. The number of amides is 1. The number of fused-ring (bicyclic) bond motifs is 1. The first kappa shape index (κ1) is 13.9. The maximum Gasteiger partial charge on any atom is 0.267 e. The number of benzene rings is 1. The Morgan fingerprint density at radius 2 is 2.16 bits per heavy atom. The van der Waals surface area contributed by atoms with Gasteiger partial charge in [0, 0.05) is 19.6 Å². The summed E-state index contributed by atoms with van der Waals surface area (Å²) in [6.07, 6.45) is -0.461. The van der Waals surface area contributed by atoms with Crippen LogP contribution in [0.4, 0.5) is 0 Å². The maximum atomic E-state index is 12.0. The predicted molar refractivity (Wildman–Crippen MR) is 73.4 cm³/mol. The minimum atomic E-state index is -0.461. The summed E-state index contributed by atoms with van der Waals surface area (Å²) in [6.45, 7) is 0.273. The van der Waals surface area contributed by atoms with E-state index in [0.29, 0.717) is 10.7 Å². The summed E-state index contributed by atoms with van der Waals surface area (Å²) in [4.78, 5) is 15.0. The Bertz CT molecular complexity index is 578. The number of aromatic amines is 1. The number of nitrogens with one attached hydrogen (secondary N) is 2. The fourth-order valence-electron chi connectivity index (χ4n) is 1.78. The van der Waals surface area contributed by atoms with Gasteiger partial charge < -0.3 is 19.8 Å². The Labute approximate surface area is 115 Å². The summed E-state index contributed by atoms with van der Waals surface area (Å²) in [5.41, 5.74) is 1.21. The molecule has 1 heterocycles. The van der Waals surface area contributed by atoms with E-state index in [1.54, 1.807) is 12.1 Å². The van der Waals surface area contributed by atoms with E-state index in [-0.39, 0.29) is 12.5 Å². The zero-order chi connectivity index (χ0) is 13.8. The molecule has 0 fully saturated rings. The average molecular weight is 283 g/mol. The lowest BCUT2D eigenvalue weighted by Gasteiger charge is -2.13. The van der Waals surface area contributed by atoms with Crippen LogP contribution in [-0.2, 0) is 9.47 Å². The number of para-hydroxylation sites is 1. The molecule has 0 saturated carbocycles. The van der Waals surface area contributed by atoms with Gasteiger partial charge in [0.2, 0.25) is 0 Å². The van der Waals surface area contributed by atoms with Crippen LogP contribution in [0, 0.1) is 0 Å². The largest absolute Gasteiger partial charge is 0.354 e. The van der Waals surface area contributed by atoms with E-state index in [2.05, 4.69) is 10.3 Å². The van der Waals surface area contributed by atoms with Gasteiger partial charge in [0.1, 0.15) is 5.69 Å². The third kappa shape index (κ3) is 3.07. The van der Waals surface area contributed by atoms with Gasteiger partial charge in [-0.15, -0.1) is 0 Å². The van der Waals surface area contributed by atoms with Crippen molar-refractivity contribution >= 4 is 28.4 Å². The van der Waals surface area contributed by atoms with Gasteiger partial charge in [-0.05, 0) is 12.1 Å². The van der Waals surface area contributed by atoms with Crippen LogP contribution >= 0.6 is 11.6 Å². The van der Waals surface area contributed by atoms with Crippen LogP contribution in [0.15, 0.2) is 24.3 Å². The number of ether oxygens (including phenoxy) is 2. The summed E-state index contributed by atoms with van der Waals surface area (Å²) in [6, 6.07) is 7.26. The lowest BCUT2D eigenvalue weighted by Crippen LogP contribution is -2.34. The lowest BCUT2D eigenvalue weighted by molar-refractivity contribution is -0.0974. The van der Waals surface area contributed by atoms with Gasteiger partial charge >= 0.3 is 0 Å². The van der Waals surface area contributed by atoms with Crippen LogP contribution in [0.25, 0.3) is 10.9 Å². The van der Waals surface area contributed by atoms with E-state index in [1.165, 1.54) is 14.2 Å². The number of carbonyl (C=O) groups excluding carboxylic acids is 1. The average Bonchev–Trinajstić information content (AvgIpc) is 2.85. The molecule has 1 aromatic carbocycles. The molecule has 19 heavy (non-hydrogen) atoms. The highest BCUT2D eigenvalue weighted by Crippen LogP contribution is 2.23. The maximum absolute atomic E-state index is 12.0. The second-order valence-electron chi connectivity index (χ2n) is 4.00. The number of H-pyrrole nitrogens is 1. The van der Waals surface area contributed by atoms with E-state index in [0.717, 1.165) is 10.9 Å². The summed E-state index contributed by atoms with van der Waals surface area (Å²) in [7, 11) is 3.03. The summed E-state index contributed by atoms with van der Waals surface area (Å²) in [5, 5.41) is 4.20. The Hall–Kier alpha value is -1.56. The van der Waals surface area contributed by atoms with Crippen LogP contribution < -0.4 is 5.32 Å². The van der Waals surface area contributed by atoms with Gasteiger partial charge in [0.25, 0.3) is 5.91 Å². The van der Waals surface area contributed by atoms with Crippen molar-refractivity contribution in [1.29, 1.82) is 0 Å². The van der Waals surface area contributed by atoms with Crippen molar-refractivity contribution in [1.82, 2.24) is 10.3 Å². The van der Waals surface area contributed by atoms with Gasteiger partial charge in [-0.3, -0.25) is 4.79 Å². The molecule has 0 atom stereocenters. The van der Waals surface area contributed by atoms with Crippen molar-refractivity contribution in [3.63, 3.8) is 0 Å². The van der Waals surface area contributed by atoms with Crippen LogP contribution in [0.1, 0.15) is 10.5 Å². The molecule has 0 radical (unpaired) electrons. The minimum absolute atomic E-state index is 0.230. The van der Waals surface area contributed by atoms with Crippen LogP contribution in [-0.4, -0.2) is 37.9 Å². The fourth-order valence-corrected chi connectivity index (χ4v) is 2.00. The summed E-state index contributed by atoms with van der Waals surface area (Å²) >= 11 is 6.04. The van der Waals surface area contributed by atoms with Gasteiger partial charge in [-0.25, -0.2) is 0 Å². The number of methoxy groups -OCH3 is 2. The molecular formula is C13H15ClN2O3. The molecule has 5 nitrogen and oxygen atoms in total. The number of aromatic nitrogens is 1. The molecule has 1 amide bonds. The smallest absolute Gasteiger partial charge is 0.267 e. The number of hydrogen-bond acceptors (Lipinski definition) is 3. The molecule has 0 aliphatic rings. The highest BCUT2D eigenvalue weighted by Gasteiger charge is 2.13. The van der Waals surface area contributed by atoms with Crippen LogP contribution in [0.3, 0.4) is 0 Å². The monoisotopic (exact) mass is 282 g/mol. The van der Waals surface area contributed by atoms with E-state index in [9.17, 15) is 4.79 Å². The Morgan fingerprint density at radius 1 is 1.42 bits per heavy atom. The number of carbonyl (C=O) groups is 1. The van der Waals surface area contributed by atoms with E-state index < -0.39 is 6.29 Å². The Balaban J connectivity index is 2.11. The third-order valence-electron chi connectivity index (χ3n) is 2.81. The Kier molecular flexibility index (Phi) is 4.42. The number of hydrogen-bond donors (Lipinski definition) is 2. The summed E-state index contributed by atoms with van der Waals surface area (Å²) < 4.78 is 9.99. The molecule has 0 aliphatic heterocycles. The topological polar surface area (TPSA) is 63.3 Å². The number of rotatable bonds is 5. The van der Waals surface area contributed by atoms with Gasteiger partial charge in [0.15, 0.2) is 6.29 Å². The van der Waals surface area contributed by atoms with Gasteiger partial charge in [-0.2, -0.15) is 0 Å². The van der Waals surface area contributed by atoms with Crippen molar-refractivity contribution in [3.05, 3.63) is 35.0 Å². The van der Waals surface area contributed by atoms with Crippen molar-refractivity contribution in [3.8, 4) is 0 Å². The zero-order valence-electron chi connectivity index (χ0n) is 10.7. The first-order valence-corrected chi connectivity index (χ1v) is 6.14. The molecule has 2 N–H and O–H groups in total. The molecule has 2 rings (SSSR count). The van der Waals surface area contributed by atoms with Crippen molar-refractivity contribution in [2.75, 3.05) is 20.8 Å². The van der Waals surface area contributed by atoms with Crippen molar-refractivity contribution < 1.29 is 14.3 Å². The van der Waals surface area contributed by atoms with E-state index in [4.69, 9.17) is 21.1 Å². The summed E-state index contributed by atoms with van der Waals surface area (Å²) in [5.74, 6) is -0.230. The van der Waals surface area contributed by atoms with Gasteiger partial charge in [0.05, 0.1) is 17.1 Å². The van der Waals surface area contributed by atoms with Crippen LogP contribution in [0.5, 0.6) is 0 Å². The second kappa shape index (κ2) is 6.06. The third-order valence-corrected chi connectivity index (χ3v) is 3.12. The molecule has 6 heteroatoms. The number of halogens is 1. The molecular weight excluding hydrogens is 268 g/mol. The van der Waals surface area contributed by atoms with Crippen molar-refractivity contribution in [2.45, 2.75) is 6.29 Å². The molecule has 2 aromatic rings. The van der Waals surface area contributed by atoms with E-state index in [1.807, 2.05) is 12.1 Å². The molecule has 102 valence electrons. The molecule has 0 saturated heterocycles. The fraction of sp³-hybridized carbons (Fsp3) is 0.308. The highest BCUT2D eigenvalue weighted by molar-refractivity contribution is 6.35. The molecule has 1 aromatic heterocycles. The first-order chi connectivity index (χ1) is 9.15. The SMILES string of the molecule is COC(CNC(=O)c1cc2cccc(Cl)c2[nH]1)OC. The van der Waals surface area contributed by atoms with Gasteiger partial charge in [-0.1, -0.05) is 23.7 Å². The van der Waals surface area contributed by atoms with Crippen molar-refractivity contribution in [2.24, 2.45) is 0 Å². The Morgan fingerprint density at radius 3 is 2.79 bits per heavy atom. The van der Waals surface area contributed by atoms with Crippen LogP contribution in [0.2, 0.25) is 5.02 Å². The lowest BCUT2D eigenvalue weighted by atomic mass is 10.2. The predicted octanol–water partition coefficient (Wildman–Crippen LogP) is 2.17. The zero-order valence-corrected chi connectivity index (χ0v) is 11.5. The second-order valence-corrected chi connectivity index (χ2v) is 4.41. The molecule has 0 spiro atoms. The first-order valence-electron chi connectivity index (χ1n) is 5.76.